The van der Waals surface area contributed by atoms with Gasteiger partial charge >= 0.3 is 0 Å². The van der Waals surface area contributed by atoms with E-state index in [1.54, 1.807) is 18.2 Å². The maximum atomic E-state index is 13.5. The van der Waals surface area contributed by atoms with Crippen LogP contribution in [0.25, 0.3) is 5.76 Å². The SMILES string of the molecule is CCOc1ccc(/C(O)=C2\C(=O)C(=O)N(c3cc(C)cc(C)c3)C2c2cccc(OC(C)C)c2)cc1C. The van der Waals surface area contributed by atoms with Crippen molar-refractivity contribution in [3.8, 4) is 11.5 Å². The number of carbonyl (C=O) groups excluding carboxylic acids is 2. The maximum Gasteiger partial charge on any atom is 0.300 e. The minimum absolute atomic E-state index is 0.0365. The van der Waals surface area contributed by atoms with Crippen LogP contribution >= 0.6 is 0 Å². The van der Waals surface area contributed by atoms with Gasteiger partial charge in [0.1, 0.15) is 17.3 Å². The molecule has 0 aliphatic carbocycles. The second-order valence-electron chi connectivity index (χ2n) is 9.67. The molecule has 6 nitrogen and oxygen atoms in total. The molecule has 3 aromatic rings. The number of aliphatic hydroxyl groups is 1. The van der Waals surface area contributed by atoms with Crippen molar-refractivity contribution < 1.29 is 24.2 Å². The standard InChI is InChI=1S/C31H33NO5/c1-7-36-26-12-11-23(16-21(26)6)29(33)27-28(22-9-8-10-25(17-22)37-18(2)3)32(31(35)30(27)34)24-14-19(4)13-20(5)15-24/h8-18,28,33H,7H2,1-6H3/b29-27+. The molecule has 0 saturated carbocycles. The zero-order chi connectivity index (χ0) is 26.9. The number of ether oxygens (including phenoxy) is 2. The van der Waals surface area contributed by atoms with Crippen molar-refractivity contribution in [3.63, 3.8) is 0 Å². The summed E-state index contributed by atoms with van der Waals surface area (Å²) in [7, 11) is 0. The quantitative estimate of drug-likeness (QED) is 0.230. The van der Waals surface area contributed by atoms with Crippen LogP contribution in [0.5, 0.6) is 11.5 Å². The zero-order valence-electron chi connectivity index (χ0n) is 22.2. The van der Waals surface area contributed by atoms with Crippen molar-refractivity contribution in [2.24, 2.45) is 0 Å². The summed E-state index contributed by atoms with van der Waals surface area (Å²) in [5, 5.41) is 11.5. The Hall–Kier alpha value is -4.06. The molecule has 1 atom stereocenters. The van der Waals surface area contributed by atoms with Gasteiger partial charge in [0.25, 0.3) is 11.7 Å². The number of benzene rings is 3. The molecule has 0 aromatic heterocycles. The van der Waals surface area contributed by atoms with Gasteiger partial charge in [0.05, 0.1) is 24.3 Å². The summed E-state index contributed by atoms with van der Waals surface area (Å²) < 4.78 is 11.5. The van der Waals surface area contributed by atoms with E-state index in [-0.39, 0.29) is 17.4 Å². The minimum atomic E-state index is -0.830. The van der Waals surface area contributed by atoms with E-state index in [9.17, 15) is 14.7 Å². The first-order chi connectivity index (χ1) is 17.6. The number of rotatable bonds is 7. The third-order valence-electron chi connectivity index (χ3n) is 6.22. The monoisotopic (exact) mass is 499 g/mol. The fourth-order valence-electron chi connectivity index (χ4n) is 4.80. The van der Waals surface area contributed by atoms with E-state index < -0.39 is 17.7 Å². The number of ketones is 1. The zero-order valence-corrected chi connectivity index (χ0v) is 22.2. The van der Waals surface area contributed by atoms with Gasteiger partial charge in [-0.15, -0.1) is 0 Å². The number of amides is 1. The van der Waals surface area contributed by atoms with Crippen molar-refractivity contribution in [1.82, 2.24) is 0 Å². The molecule has 3 aromatic carbocycles. The summed E-state index contributed by atoms with van der Waals surface area (Å²) in [6, 6.07) is 17.5. The lowest BCUT2D eigenvalue weighted by Crippen LogP contribution is -2.29. The summed E-state index contributed by atoms with van der Waals surface area (Å²) >= 11 is 0. The number of anilines is 1. The van der Waals surface area contributed by atoms with E-state index in [1.165, 1.54) is 4.90 Å². The maximum absolute atomic E-state index is 13.5. The van der Waals surface area contributed by atoms with E-state index in [1.807, 2.05) is 84.0 Å². The first-order valence-corrected chi connectivity index (χ1v) is 12.5. The van der Waals surface area contributed by atoms with Crippen LogP contribution in [-0.4, -0.2) is 29.5 Å². The molecule has 0 bridgehead atoms. The van der Waals surface area contributed by atoms with E-state index in [0.717, 1.165) is 16.7 Å². The lowest BCUT2D eigenvalue weighted by molar-refractivity contribution is -0.132. The molecule has 1 aliphatic rings. The summed E-state index contributed by atoms with van der Waals surface area (Å²) in [5.41, 5.74) is 4.50. The first kappa shape index (κ1) is 26.0. The second-order valence-corrected chi connectivity index (χ2v) is 9.67. The Balaban J connectivity index is 1.93. The summed E-state index contributed by atoms with van der Waals surface area (Å²) in [4.78, 5) is 28.5. The van der Waals surface area contributed by atoms with Crippen LogP contribution < -0.4 is 14.4 Å². The molecule has 37 heavy (non-hydrogen) atoms. The number of carbonyl (C=O) groups is 2. The molecule has 1 N–H and O–H groups in total. The number of aryl methyl sites for hydroxylation is 3. The van der Waals surface area contributed by atoms with Gasteiger partial charge in [-0.1, -0.05) is 18.2 Å². The third-order valence-corrected chi connectivity index (χ3v) is 6.22. The molecule has 0 spiro atoms. The fourth-order valence-corrected chi connectivity index (χ4v) is 4.80. The number of hydrogen-bond acceptors (Lipinski definition) is 5. The Labute approximate surface area is 218 Å². The molecule has 1 saturated heterocycles. The highest BCUT2D eigenvalue weighted by molar-refractivity contribution is 6.51. The van der Waals surface area contributed by atoms with Crippen molar-refractivity contribution in [2.75, 3.05) is 11.5 Å². The molecular weight excluding hydrogens is 466 g/mol. The van der Waals surface area contributed by atoms with E-state index in [2.05, 4.69) is 0 Å². The van der Waals surface area contributed by atoms with Crippen LogP contribution in [0, 0.1) is 20.8 Å². The summed E-state index contributed by atoms with van der Waals surface area (Å²) in [6.45, 7) is 12.1. The van der Waals surface area contributed by atoms with Gasteiger partial charge in [-0.3, -0.25) is 14.5 Å². The highest BCUT2D eigenvalue weighted by atomic mass is 16.5. The van der Waals surface area contributed by atoms with Crippen molar-refractivity contribution >= 4 is 23.1 Å². The minimum Gasteiger partial charge on any atom is -0.507 e. The van der Waals surface area contributed by atoms with Crippen molar-refractivity contribution in [3.05, 3.63) is 94.1 Å². The van der Waals surface area contributed by atoms with Gasteiger partial charge in [0, 0.05) is 11.3 Å². The van der Waals surface area contributed by atoms with Gasteiger partial charge in [-0.2, -0.15) is 0 Å². The van der Waals surface area contributed by atoms with Crippen molar-refractivity contribution in [2.45, 2.75) is 53.7 Å². The second kappa shape index (κ2) is 10.5. The Bertz CT molecular complexity index is 1370. The molecule has 1 heterocycles. The van der Waals surface area contributed by atoms with Gasteiger partial charge in [-0.25, -0.2) is 0 Å². The van der Waals surface area contributed by atoms with Crippen LogP contribution in [0.4, 0.5) is 5.69 Å². The Morgan fingerprint density at radius 2 is 1.68 bits per heavy atom. The molecule has 1 fully saturated rings. The first-order valence-electron chi connectivity index (χ1n) is 12.5. The van der Waals surface area contributed by atoms with Crippen molar-refractivity contribution in [1.29, 1.82) is 0 Å². The number of aliphatic hydroxyl groups excluding tert-OH is 1. The average Bonchev–Trinajstić information content (AvgIpc) is 3.09. The largest absolute Gasteiger partial charge is 0.507 e. The van der Waals surface area contributed by atoms with Crippen LogP contribution in [-0.2, 0) is 9.59 Å². The molecule has 4 rings (SSSR count). The lowest BCUT2D eigenvalue weighted by atomic mass is 9.94. The van der Waals surface area contributed by atoms with Gasteiger partial charge in [0.2, 0.25) is 0 Å². The molecule has 192 valence electrons. The third kappa shape index (κ3) is 5.24. The predicted octanol–water partition coefficient (Wildman–Crippen LogP) is 6.42. The molecule has 6 heteroatoms. The Kier molecular flexibility index (Phi) is 7.39. The highest BCUT2D eigenvalue weighted by Gasteiger charge is 2.47. The molecule has 1 aliphatic heterocycles. The number of nitrogens with zero attached hydrogens (tertiary/aromatic N) is 1. The van der Waals surface area contributed by atoms with Crippen LogP contribution in [0.15, 0.2) is 66.2 Å². The van der Waals surface area contributed by atoms with Gasteiger partial charge in [0.15, 0.2) is 0 Å². The average molecular weight is 500 g/mol. The summed E-state index contributed by atoms with van der Waals surface area (Å²) in [5.74, 6) is -0.324. The number of Topliss-reactive ketones (excluding diaryl/α,β-unsaturated/α-hetero) is 1. The fraction of sp³-hybridized carbons (Fsp3) is 0.290. The topological polar surface area (TPSA) is 76.1 Å². The van der Waals surface area contributed by atoms with E-state index in [4.69, 9.17) is 9.47 Å². The molecule has 0 radical (unpaired) electrons. The normalized spacial score (nSPS) is 16.9. The Morgan fingerprint density at radius 1 is 0.973 bits per heavy atom. The van der Waals surface area contributed by atoms with E-state index >= 15 is 0 Å². The molecular formula is C31H33NO5. The Morgan fingerprint density at radius 3 is 2.30 bits per heavy atom. The predicted molar refractivity (Wildman–Crippen MR) is 145 cm³/mol. The van der Waals surface area contributed by atoms with Crippen LogP contribution in [0.2, 0.25) is 0 Å². The summed E-state index contributed by atoms with van der Waals surface area (Å²) in [6.07, 6.45) is -0.0483. The molecule has 1 unspecified atom stereocenters. The van der Waals surface area contributed by atoms with E-state index in [0.29, 0.717) is 34.9 Å². The lowest BCUT2D eigenvalue weighted by Gasteiger charge is -2.26. The van der Waals surface area contributed by atoms with Gasteiger partial charge < -0.3 is 14.6 Å². The smallest absolute Gasteiger partial charge is 0.300 e. The highest BCUT2D eigenvalue weighted by Crippen LogP contribution is 2.43. The van der Waals surface area contributed by atoms with Crippen LogP contribution in [0.1, 0.15) is 54.6 Å². The molecule has 1 amide bonds. The number of hydrogen-bond donors (Lipinski definition) is 1. The van der Waals surface area contributed by atoms with Gasteiger partial charge in [-0.05, 0) is 106 Å². The van der Waals surface area contributed by atoms with Crippen LogP contribution in [0.3, 0.4) is 0 Å².